The number of carbonyl (C=O) groups is 1. The van der Waals surface area contributed by atoms with Gasteiger partial charge in [-0.3, -0.25) is 0 Å². The van der Waals surface area contributed by atoms with Crippen LogP contribution in [0.2, 0.25) is 0 Å². The van der Waals surface area contributed by atoms with Crippen molar-refractivity contribution in [1.82, 2.24) is 10.6 Å². The molecule has 0 unspecified atom stereocenters. The predicted octanol–water partition coefficient (Wildman–Crippen LogP) is 1.57. The molecule has 1 aromatic rings. The number of urea groups is 1. The Balaban J connectivity index is 1.65. The first-order valence-electron chi connectivity index (χ1n) is 6.20. The molecule has 5 nitrogen and oxygen atoms in total. The lowest BCUT2D eigenvalue weighted by Crippen LogP contribution is -2.35. The number of carbonyl (C=O) groups excluding carboxylic acids is 1. The van der Waals surface area contributed by atoms with Crippen LogP contribution >= 0.6 is 0 Å². The topological polar surface area (TPSA) is 62.4 Å². The van der Waals surface area contributed by atoms with E-state index in [1.165, 1.54) is 12.8 Å². The van der Waals surface area contributed by atoms with Crippen LogP contribution in [-0.2, 0) is 0 Å². The molecular weight excluding hydrogens is 230 g/mol. The number of anilines is 1. The highest BCUT2D eigenvalue weighted by atomic mass is 16.5. The van der Waals surface area contributed by atoms with Gasteiger partial charge in [-0.1, -0.05) is 0 Å². The molecule has 0 aliphatic heterocycles. The van der Waals surface area contributed by atoms with E-state index in [4.69, 9.17) is 4.74 Å². The van der Waals surface area contributed by atoms with E-state index in [0.29, 0.717) is 12.6 Å². The first kappa shape index (κ1) is 12.7. The highest BCUT2D eigenvalue weighted by Gasteiger charge is 2.19. The molecule has 1 fully saturated rings. The Morgan fingerprint density at radius 2 is 2.00 bits per heavy atom. The Kier molecular flexibility index (Phi) is 4.41. The molecular formula is C13H19N3O2. The lowest BCUT2D eigenvalue weighted by molar-refractivity contribution is 0.252. The highest BCUT2D eigenvalue weighted by Crippen LogP contribution is 2.17. The number of ether oxygens (including phenoxy) is 1. The minimum Gasteiger partial charge on any atom is -0.497 e. The van der Waals surface area contributed by atoms with Crippen LogP contribution in [-0.4, -0.2) is 32.3 Å². The standard InChI is InChI=1S/C13H19N3O2/c1-18-12-6-4-11(5-7-12)16-13(17)15-9-8-14-10-2-3-10/h4-7,10,14H,2-3,8-9H2,1H3,(H2,15,16,17). The van der Waals surface area contributed by atoms with Gasteiger partial charge in [0.15, 0.2) is 0 Å². The van der Waals surface area contributed by atoms with Gasteiger partial charge in [0, 0.05) is 24.8 Å². The number of hydrogen-bond acceptors (Lipinski definition) is 3. The van der Waals surface area contributed by atoms with Gasteiger partial charge >= 0.3 is 6.03 Å². The van der Waals surface area contributed by atoms with Crippen LogP contribution < -0.4 is 20.7 Å². The van der Waals surface area contributed by atoms with Crippen molar-refractivity contribution in [2.45, 2.75) is 18.9 Å². The molecule has 18 heavy (non-hydrogen) atoms. The SMILES string of the molecule is COc1ccc(NC(=O)NCCNC2CC2)cc1. The lowest BCUT2D eigenvalue weighted by Gasteiger charge is -2.08. The minimum atomic E-state index is -0.183. The van der Waals surface area contributed by atoms with Gasteiger partial charge in [-0.2, -0.15) is 0 Å². The van der Waals surface area contributed by atoms with Crippen LogP contribution in [0.4, 0.5) is 10.5 Å². The number of rotatable bonds is 6. The van der Waals surface area contributed by atoms with Crippen molar-refractivity contribution in [3.8, 4) is 5.75 Å². The Bertz CT molecular complexity index is 388. The summed E-state index contributed by atoms with van der Waals surface area (Å²) in [5.41, 5.74) is 0.753. The molecule has 1 aromatic carbocycles. The summed E-state index contributed by atoms with van der Waals surface area (Å²) in [6.45, 7) is 1.46. The predicted molar refractivity (Wildman–Crippen MR) is 71.0 cm³/mol. The summed E-state index contributed by atoms with van der Waals surface area (Å²) in [7, 11) is 1.61. The van der Waals surface area contributed by atoms with Crippen molar-refractivity contribution < 1.29 is 9.53 Å². The van der Waals surface area contributed by atoms with E-state index in [2.05, 4.69) is 16.0 Å². The average Bonchev–Trinajstić information content (AvgIpc) is 3.20. The second kappa shape index (κ2) is 6.26. The Labute approximate surface area is 107 Å². The van der Waals surface area contributed by atoms with E-state index < -0.39 is 0 Å². The fourth-order valence-electron chi connectivity index (χ4n) is 1.59. The van der Waals surface area contributed by atoms with E-state index in [1.807, 2.05) is 12.1 Å². The van der Waals surface area contributed by atoms with Crippen molar-refractivity contribution in [2.75, 3.05) is 25.5 Å². The molecule has 1 aliphatic rings. The highest BCUT2D eigenvalue weighted by molar-refractivity contribution is 5.89. The quantitative estimate of drug-likeness (QED) is 0.671. The first-order chi connectivity index (χ1) is 8.78. The molecule has 5 heteroatoms. The summed E-state index contributed by atoms with van der Waals surface area (Å²) in [4.78, 5) is 11.5. The summed E-state index contributed by atoms with van der Waals surface area (Å²) in [6, 6.07) is 7.73. The van der Waals surface area contributed by atoms with Crippen molar-refractivity contribution >= 4 is 11.7 Å². The van der Waals surface area contributed by atoms with Gasteiger partial charge in [0.1, 0.15) is 5.75 Å². The van der Waals surface area contributed by atoms with Crippen LogP contribution in [0.15, 0.2) is 24.3 Å². The molecule has 1 aliphatic carbocycles. The molecule has 2 rings (SSSR count). The van der Waals surface area contributed by atoms with Gasteiger partial charge in [0.25, 0.3) is 0 Å². The Morgan fingerprint density at radius 3 is 2.61 bits per heavy atom. The third-order valence-corrected chi connectivity index (χ3v) is 2.77. The van der Waals surface area contributed by atoms with Crippen molar-refractivity contribution in [2.24, 2.45) is 0 Å². The van der Waals surface area contributed by atoms with Crippen LogP contribution in [0.3, 0.4) is 0 Å². The van der Waals surface area contributed by atoms with Gasteiger partial charge in [-0.05, 0) is 37.1 Å². The second-order valence-corrected chi connectivity index (χ2v) is 4.34. The molecule has 0 heterocycles. The van der Waals surface area contributed by atoms with Gasteiger partial charge in [-0.25, -0.2) is 4.79 Å². The summed E-state index contributed by atoms with van der Waals surface area (Å²) in [5.74, 6) is 0.773. The monoisotopic (exact) mass is 249 g/mol. The van der Waals surface area contributed by atoms with E-state index in [1.54, 1.807) is 19.2 Å². The maximum atomic E-state index is 11.5. The van der Waals surface area contributed by atoms with Crippen molar-refractivity contribution in [3.63, 3.8) is 0 Å². The Morgan fingerprint density at radius 1 is 1.28 bits per heavy atom. The molecule has 3 N–H and O–H groups in total. The fraction of sp³-hybridized carbons (Fsp3) is 0.462. The lowest BCUT2D eigenvalue weighted by atomic mass is 10.3. The maximum absolute atomic E-state index is 11.5. The zero-order chi connectivity index (χ0) is 12.8. The molecule has 0 atom stereocenters. The van der Waals surface area contributed by atoms with Crippen LogP contribution in [0.5, 0.6) is 5.75 Å². The normalized spacial score (nSPS) is 14.1. The second-order valence-electron chi connectivity index (χ2n) is 4.34. The number of nitrogens with one attached hydrogen (secondary N) is 3. The van der Waals surface area contributed by atoms with E-state index in [9.17, 15) is 4.79 Å². The van der Waals surface area contributed by atoms with E-state index in [0.717, 1.165) is 18.0 Å². The van der Waals surface area contributed by atoms with Gasteiger partial charge in [0.2, 0.25) is 0 Å². The zero-order valence-corrected chi connectivity index (χ0v) is 10.5. The van der Waals surface area contributed by atoms with Gasteiger partial charge < -0.3 is 20.7 Å². The van der Waals surface area contributed by atoms with Crippen LogP contribution in [0.1, 0.15) is 12.8 Å². The molecule has 0 radical (unpaired) electrons. The number of amides is 2. The molecule has 1 saturated carbocycles. The summed E-state index contributed by atoms with van der Waals surface area (Å²) in [6.07, 6.45) is 2.52. The fourth-order valence-corrected chi connectivity index (χ4v) is 1.59. The minimum absolute atomic E-state index is 0.183. The number of benzene rings is 1. The molecule has 2 amide bonds. The molecule has 0 spiro atoms. The van der Waals surface area contributed by atoms with E-state index >= 15 is 0 Å². The zero-order valence-electron chi connectivity index (χ0n) is 10.5. The number of methoxy groups -OCH3 is 1. The Hall–Kier alpha value is -1.75. The van der Waals surface area contributed by atoms with Crippen LogP contribution in [0, 0.1) is 0 Å². The van der Waals surface area contributed by atoms with E-state index in [-0.39, 0.29) is 6.03 Å². The van der Waals surface area contributed by atoms with Gasteiger partial charge in [0.05, 0.1) is 7.11 Å². The molecule has 0 bridgehead atoms. The first-order valence-corrected chi connectivity index (χ1v) is 6.20. The molecule has 98 valence electrons. The summed E-state index contributed by atoms with van der Waals surface area (Å²) < 4.78 is 5.05. The van der Waals surface area contributed by atoms with Crippen molar-refractivity contribution in [3.05, 3.63) is 24.3 Å². The molecule has 0 saturated heterocycles. The maximum Gasteiger partial charge on any atom is 0.319 e. The smallest absolute Gasteiger partial charge is 0.319 e. The average molecular weight is 249 g/mol. The molecule has 0 aromatic heterocycles. The third-order valence-electron chi connectivity index (χ3n) is 2.77. The number of hydrogen-bond donors (Lipinski definition) is 3. The van der Waals surface area contributed by atoms with Gasteiger partial charge in [-0.15, -0.1) is 0 Å². The summed E-state index contributed by atoms with van der Waals surface area (Å²) >= 11 is 0. The summed E-state index contributed by atoms with van der Waals surface area (Å²) in [5, 5.41) is 8.89. The third kappa shape index (κ3) is 4.25. The van der Waals surface area contributed by atoms with Crippen molar-refractivity contribution in [1.29, 1.82) is 0 Å². The van der Waals surface area contributed by atoms with Crippen LogP contribution in [0.25, 0.3) is 0 Å². The largest absolute Gasteiger partial charge is 0.497 e.